The van der Waals surface area contributed by atoms with Crippen molar-refractivity contribution < 1.29 is 9.53 Å². The molecule has 23 heavy (non-hydrogen) atoms. The Morgan fingerprint density at radius 1 is 1.13 bits per heavy atom. The second-order valence-corrected chi connectivity index (χ2v) is 6.26. The van der Waals surface area contributed by atoms with Gasteiger partial charge >= 0.3 is 0 Å². The summed E-state index contributed by atoms with van der Waals surface area (Å²) in [7, 11) is 0. The van der Waals surface area contributed by atoms with Gasteiger partial charge in [0, 0.05) is 24.2 Å². The number of carbonyl (C=O) groups is 1. The first kappa shape index (κ1) is 14.3. The molecule has 1 saturated heterocycles. The molecule has 3 heterocycles. The van der Waals surface area contributed by atoms with Crippen LogP contribution >= 0.6 is 0 Å². The monoisotopic (exact) mass is 311 g/mol. The van der Waals surface area contributed by atoms with Gasteiger partial charge in [0.2, 0.25) is 5.91 Å². The van der Waals surface area contributed by atoms with Crippen molar-refractivity contribution in [3.63, 3.8) is 0 Å². The van der Waals surface area contributed by atoms with E-state index in [1.165, 1.54) is 12.8 Å². The van der Waals surface area contributed by atoms with Gasteiger partial charge in [0.15, 0.2) is 0 Å². The number of ether oxygens (including phenoxy) is 1. The van der Waals surface area contributed by atoms with Gasteiger partial charge in [0.05, 0.1) is 11.9 Å². The molecule has 5 nitrogen and oxygen atoms in total. The third-order valence-electron chi connectivity index (χ3n) is 4.68. The van der Waals surface area contributed by atoms with Gasteiger partial charge in [-0.3, -0.25) is 9.48 Å². The van der Waals surface area contributed by atoms with Crippen LogP contribution in [-0.4, -0.2) is 33.7 Å². The summed E-state index contributed by atoms with van der Waals surface area (Å²) in [6.45, 7) is 2.58. The van der Waals surface area contributed by atoms with Gasteiger partial charge in [-0.25, -0.2) is 0 Å². The topological polar surface area (TPSA) is 47.4 Å². The number of carbonyl (C=O) groups excluding carboxylic acids is 1. The quantitative estimate of drug-likeness (QED) is 0.857. The zero-order valence-electron chi connectivity index (χ0n) is 13.2. The first-order valence-electron chi connectivity index (χ1n) is 8.37. The van der Waals surface area contributed by atoms with Crippen molar-refractivity contribution >= 4 is 5.91 Å². The molecule has 0 unspecified atom stereocenters. The molecule has 4 rings (SSSR count). The van der Waals surface area contributed by atoms with E-state index in [9.17, 15) is 4.79 Å². The normalized spacial score (nSPS) is 17.0. The first-order valence-corrected chi connectivity index (χ1v) is 8.37. The molecular formula is C18H21N3O2. The molecule has 2 aliphatic rings. The second kappa shape index (κ2) is 6.07. The highest BCUT2D eigenvalue weighted by atomic mass is 16.5. The van der Waals surface area contributed by atoms with Gasteiger partial charge in [-0.05, 0) is 25.0 Å². The zero-order valence-corrected chi connectivity index (χ0v) is 13.2. The molecule has 0 saturated carbocycles. The van der Waals surface area contributed by atoms with Crippen molar-refractivity contribution in [2.75, 3.05) is 13.1 Å². The van der Waals surface area contributed by atoms with E-state index in [1.54, 1.807) is 0 Å². The van der Waals surface area contributed by atoms with Gasteiger partial charge in [-0.1, -0.05) is 25.0 Å². The number of hydrogen-bond acceptors (Lipinski definition) is 3. The van der Waals surface area contributed by atoms with E-state index in [-0.39, 0.29) is 5.91 Å². The van der Waals surface area contributed by atoms with Crippen LogP contribution in [0.4, 0.5) is 0 Å². The average Bonchev–Trinajstić information content (AvgIpc) is 2.81. The molecule has 0 bridgehead atoms. The summed E-state index contributed by atoms with van der Waals surface area (Å²) in [6, 6.07) is 7.95. The van der Waals surface area contributed by atoms with Crippen molar-refractivity contribution in [1.82, 2.24) is 14.7 Å². The van der Waals surface area contributed by atoms with Gasteiger partial charge in [0.25, 0.3) is 0 Å². The maximum absolute atomic E-state index is 12.6. The maximum atomic E-state index is 12.6. The third kappa shape index (κ3) is 2.71. The van der Waals surface area contributed by atoms with Crippen LogP contribution in [0, 0.1) is 0 Å². The molecule has 1 fully saturated rings. The molecular weight excluding hydrogens is 290 g/mol. The maximum Gasteiger partial charge on any atom is 0.244 e. The number of likely N-dealkylation sites (tertiary alicyclic amines) is 1. The molecule has 2 aromatic rings. The Kier molecular flexibility index (Phi) is 3.77. The SMILES string of the molecule is O=C(Cn1ncc2c1-c1ccccc1OC2)N1CCCCCC1. The van der Waals surface area contributed by atoms with Crippen LogP contribution in [0.25, 0.3) is 11.3 Å². The van der Waals surface area contributed by atoms with Crippen molar-refractivity contribution in [3.8, 4) is 17.0 Å². The van der Waals surface area contributed by atoms with E-state index in [2.05, 4.69) is 5.10 Å². The molecule has 2 aliphatic heterocycles. The molecule has 0 aliphatic carbocycles. The van der Waals surface area contributed by atoms with E-state index in [4.69, 9.17) is 4.74 Å². The third-order valence-corrected chi connectivity index (χ3v) is 4.68. The van der Waals surface area contributed by atoms with E-state index in [0.717, 1.165) is 48.5 Å². The summed E-state index contributed by atoms with van der Waals surface area (Å²) < 4.78 is 7.59. The van der Waals surface area contributed by atoms with Crippen LogP contribution in [0.1, 0.15) is 31.2 Å². The molecule has 1 aromatic heterocycles. The van der Waals surface area contributed by atoms with E-state index in [0.29, 0.717) is 13.2 Å². The summed E-state index contributed by atoms with van der Waals surface area (Å²) in [6.07, 6.45) is 6.50. The molecule has 0 radical (unpaired) electrons. The van der Waals surface area contributed by atoms with Crippen LogP contribution < -0.4 is 4.74 Å². The molecule has 0 atom stereocenters. The number of aromatic nitrogens is 2. The van der Waals surface area contributed by atoms with Crippen LogP contribution in [0.3, 0.4) is 0 Å². The van der Waals surface area contributed by atoms with Crippen molar-refractivity contribution in [2.24, 2.45) is 0 Å². The average molecular weight is 311 g/mol. The molecule has 1 amide bonds. The van der Waals surface area contributed by atoms with Crippen molar-refractivity contribution in [2.45, 2.75) is 38.8 Å². The smallest absolute Gasteiger partial charge is 0.244 e. The minimum atomic E-state index is 0.168. The largest absolute Gasteiger partial charge is 0.488 e. The Bertz CT molecular complexity index is 715. The van der Waals surface area contributed by atoms with Crippen molar-refractivity contribution in [1.29, 1.82) is 0 Å². The number of para-hydroxylation sites is 1. The van der Waals surface area contributed by atoms with Gasteiger partial charge in [-0.2, -0.15) is 5.10 Å². The summed E-state index contributed by atoms with van der Waals surface area (Å²) in [5, 5.41) is 4.44. The molecule has 0 spiro atoms. The van der Waals surface area contributed by atoms with E-state index >= 15 is 0 Å². The number of fused-ring (bicyclic) bond motifs is 3. The minimum Gasteiger partial charge on any atom is -0.488 e. The highest BCUT2D eigenvalue weighted by Crippen LogP contribution is 2.37. The minimum absolute atomic E-state index is 0.168. The van der Waals surface area contributed by atoms with E-state index in [1.807, 2.05) is 40.0 Å². The van der Waals surface area contributed by atoms with Gasteiger partial charge in [-0.15, -0.1) is 0 Å². The Morgan fingerprint density at radius 2 is 1.91 bits per heavy atom. The van der Waals surface area contributed by atoms with Gasteiger partial charge < -0.3 is 9.64 Å². The second-order valence-electron chi connectivity index (χ2n) is 6.26. The van der Waals surface area contributed by atoms with Crippen LogP contribution in [-0.2, 0) is 17.9 Å². The lowest BCUT2D eigenvalue weighted by atomic mass is 10.0. The Morgan fingerprint density at radius 3 is 2.74 bits per heavy atom. The van der Waals surface area contributed by atoms with Crippen LogP contribution in [0.15, 0.2) is 30.5 Å². The Labute approximate surface area is 135 Å². The fourth-order valence-electron chi connectivity index (χ4n) is 3.45. The lowest BCUT2D eigenvalue weighted by molar-refractivity contribution is -0.131. The molecule has 120 valence electrons. The highest BCUT2D eigenvalue weighted by Gasteiger charge is 2.24. The molecule has 0 N–H and O–H groups in total. The fourth-order valence-corrected chi connectivity index (χ4v) is 3.45. The predicted octanol–water partition coefficient (Wildman–Crippen LogP) is 2.85. The lowest BCUT2D eigenvalue weighted by Gasteiger charge is -2.22. The Hall–Kier alpha value is -2.30. The highest BCUT2D eigenvalue weighted by molar-refractivity contribution is 5.78. The van der Waals surface area contributed by atoms with Crippen LogP contribution in [0.2, 0.25) is 0 Å². The van der Waals surface area contributed by atoms with Crippen molar-refractivity contribution in [3.05, 3.63) is 36.0 Å². The lowest BCUT2D eigenvalue weighted by Crippen LogP contribution is -2.35. The Balaban J connectivity index is 1.60. The number of amides is 1. The standard InChI is InChI=1S/C18H21N3O2/c22-17(20-9-5-1-2-6-10-20)12-21-18-14(11-19-21)13-23-16-8-4-3-7-15(16)18/h3-4,7-8,11H,1-2,5-6,9-10,12-13H2. The number of rotatable bonds is 2. The first-order chi connectivity index (χ1) is 11.3. The number of nitrogens with zero attached hydrogens (tertiary/aromatic N) is 3. The van der Waals surface area contributed by atoms with E-state index < -0.39 is 0 Å². The molecule has 1 aromatic carbocycles. The number of benzene rings is 1. The predicted molar refractivity (Wildman–Crippen MR) is 87.0 cm³/mol. The summed E-state index contributed by atoms with van der Waals surface area (Å²) in [4.78, 5) is 14.6. The summed E-state index contributed by atoms with van der Waals surface area (Å²) >= 11 is 0. The van der Waals surface area contributed by atoms with Gasteiger partial charge in [0.1, 0.15) is 18.9 Å². The summed E-state index contributed by atoms with van der Waals surface area (Å²) in [5.74, 6) is 1.03. The zero-order chi connectivity index (χ0) is 15.6. The van der Waals surface area contributed by atoms with Crippen LogP contribution in [0.5, 0.6) is 5.75 Å². The fraction of sp³-hybridized carbons (Fsp3) is 0.444. The number of hydrogen-bond donors (Lipinski definition) is 0. The summed E-state index contributed by atoms with van der Waals surface area (Å²) in [5.41, 5.74) is 3.09. The molecule has 5 heteroatoms.